The number of hydrogen-bond acceptors (Lipinski definition) is 2. The minimum Gasteiger partial charge on any atom is -0.324 e. The van der Waals surface area contributed by atoms with Crippen molar-refractivity contribution in [2.24, 2.45) is 0 Å². The highest BCUT2D eigenvalue weighted by atomic mass is 19.1. The molecule has 0 aliphatic carbocycles. The van der Waals surface area contributed by atoms with E-state index in [4.69, 9.17) is 0 Å². The molecule has 0 radical (unpaired) electrons. The van der Waals surface area contributed by atoms with Crippen LogP contribution < -0.4 is 5.32 Å². The van der Waals surface area contributed by atoms with Gasteiger partial charge in [0.1, 0.15) is 5.82 Å². The lowest BCUT2D eigenvalue weighted by atomic mass is 10.2. The predicted molar refractivity (Wildman–Crippen MR) is 76.1 cm³/mol. The van der Waals surface area contributed by atoms with Crippen molar-refractivity contribution in [2.45, 2.75) is 33.7 Å². The molecule has 0 unspecified atom stereocenters. The van der Waals surface area contributed by atoms with Crippen molar-refractivity contribution >= 4 is 11.6 Å². The zero-order valence-corrected chi connectivity index (χ0v) is 11.9. The van der Waals surface area contributed by atoms with Crippen LogP contribution >= 0.6 is 0 Å². The molecule has 0 saturated carbocycles. The number of carbonyl (C=O) groups is 1. The van der Waals surface area contributed by atoms with Gasteiger partial charge in [-0.25, -0.2) is 4.39 Å². The molecule has 20 heavy (non-hydrogen) atoms. The summed E-state index contributed by atoms with van der Waals surface area (Å²) in [6.45, 7) is 6.19. The highest BCUT2D eigenvalue weighted by Crippen LogP contribution is 2.16. The van der Waals surface area contributed by atoms with Gasteiger partial charge in [-0.1, -0.05) is 6.07 Å². The van der Waals surface area contributed by atoms with Crippen LogP contribution in [0.5, 0.6) is 0 Å². The highest BCUT2D eigenvalue weighted by molar-refractivity contribution is 5.90. The third-order valence-corrected chi connectivity index (χ3v) is 3.05. The van der Waals surface area contributed by atoms with Gasteiger partial charge in [-0.3, -0.25) is 9.48 Å². The number of anilines is 1. The van der Waals surface area contributed by atoms with Gasteiger partial charge in [0.05, 0.1) is 11.4 Å². The van der Waals surface area contributed by atoms with Crippen LogP contribution in [0.1, 0.15) is 23.4 Å². The number of aryl methyl sites for hydroxylation is 4. The molecule has 0 atom stereocenters. The molecule has 1 N–H and O–H groups in total. The Labute approximate surface area is 117 Å². The van der Waals surface area contributed by atoms with Gasteiger partial charge in [0.2, 0.25) is 5.91 Å². The molecular formula is C15H18FN3O. The Morgan fingerprint density at radius 3 is 2.70 bits per heavy atom. The minimum atomic E-state index is -0.421. The van der Waals surface area contributed by atoms with Crippen LogP contribution in [0.15, 0.2) is 24.3 Å². The summed E-state index contributed by atoms with van der Waals surface area (Å²) in [5, 5.41) is 6.88. The maximum atomic E-state index is 13.5. The van der Waals surface area contributed by atoms with Crippen LogP contribution in [-0.2, 0) is 11.3 Å². The van der Waals surface area contributed by atoms with Crippen molar-refractivity contribution in [3.63, 3.8) is 0 Å². The molecule has 0 aliphatic rings. The molecule has 5 heteroatoms. The average Bonchev–Trinajstić information content (AvgIpc) is 2.70. The van der Waals surface area contributed by atoms with E-state index < -0.39 is 5.82 Å². The Balaban J connectivity index is 1.96. The number of aromatic nitrogens is 2. The summed E-state index contributed by atoms with van der Waals surface area (Å²) in [6.07, 6.45) is 0.259. The summed E-state index contributed by atoms with van der Waals surface area (Å²) >= 11 is 0. The van der Waals surface area contributed by atoms with Crippen LogP contribution in [0.25, 0.3) is 0 Å². The summed E-state index contributed by atoms with van der Waals surface area (Å²) in [6, 6.07) is 6.60. The number of amides is 1. The van der Waals surface area contributed by atoms with Gasteiger partial charge in [-0.15, -0.1) is 0 Å². The van der Waals surface area contributed by atoms with Crippen LogP contribution in [0, 0.1) is 26.6 Å². The van der Waals surface area contributed by atoms with E-state index in [1.807, 2.05) is 26.8 Å². The monoisotopic (exact) mass is 275 g/mol. The lowest BCUT2D eigenvalue weighted by Crippen LogP contribution is -2.16. The van der Waals surface area contributed by atoms with Crippen LogP contribution in [0.4, 0.5) is 10.1 Å². The van der Waals surface area contributed by atoms with Crippen LogP contribution in [-0.4, -0.2) is 15.7 Å². The van der Waals surface area contributed by atoms with E-state index in [0.29, 0.717) is 6.54 Å². The minimum absolute atomic E-state index is 0.220. The predicted octanol–water partition coefficient (Wildman–Crippen LogP) is 2.98. The molecule has 0 saturated heterocycles. The van der Waals surface area contributed by atoms with Crippen molar-refractivity contribution < 1.29 is 9.18 Å². The fourth-order valence-electron chi connectivity index (χ4n) is 2.06. The maximum absolute atomic E-state index is 13.5. The van der Waals surface area contributed by atoms with Gasteiger partial charge >= 0.3 is 0 Å². The molecule has 4 nitrogen and oxygen atoms in total. The molecule has 0 bridgehead atoms. The molecule has 106 valence electrons. The van der Waals surface area contributed by atoms with E-state index in [1.165, 1.54) is 6.07 Å². The van der Waals surface area contributed by atoms with E-state index in [-0.39, 0.29) is 18.0 Å². The standard InChI is InChI=1S/C15H18FN3O/c1-10-4-5-13(16)14(8-10)17-15(20)6-7-19-12(3)9-11(2)18-19/h4-5,8-9H,6-7H2,1-3H3,(H,17,20). The van der Waals surface area contributed by atoms with Gasteiger partial charge in [0, 0.05) is 18.7 Å². The number of nitrogens with one attached hydrogen (secondary N) is 1. The van der Waals surface area contributed by atoms with Gasteiger partial charge < -0.3 is 5.32 Å². The summed E-state index contributed by atoms with van der Waals surface area (Å²) in [5.41, 5.74) is 3.06. The van der Waals surface area contributed by atoms with Crippen molar-refractivity contribution in [1.29, 1.82) is 0 Å². The Morgan fingerprint density at radius 2 is 2.05 bits per heavy atom. The number of hydrogen-bond donors (Lipinski definition) is 1. The summed E-state index contributed by atoms with van der Waals surface area (Å²) in [5.74, 6) is -0.642. The molecule has 1 amide bonds. The molecule has 2 rings (SSSR count). The molecule has 1 aromatic carbocycles. The van der Waals surface area contributed by atoms with Gasteiger partial charge in [-0.2, -0.15) is 5.10 Å². The highest BCUT2D eigenvalue weighted by Gasteiger charge is 2.08. The van der Waals surface area contributed by atoms with E-state index >= 15 is 0 Å². The Bertz CT molecular complexity index is 634. The summed E-state index contributed by atoms with van der Waals surface area (Å²) in [4.78, 5) is 11.8. The first kappa shape index (κ1) is 14.2. The number of carbonyl (C=O) groups excluding carboxylic acids is 1. The van der Waals surface area contributed by atoms with Crippen molar-refractivity contribution in [1.82, 2.24) is 9.78 Å². The van der Waals surface area contributed by atoms with Crippen LogP contribution in [0.3, 0.4) is 0 Å². The maximum Gasteiger partial charge on any atom is 0.226 e. The van der Waals surface area contributed by atoms with Crippen LogP contribution in [0.2, 0.25) is 0 Å². The molecule has 1 aromatic heterocycles. The zero-order valence-electron chi connectivity index (χ0n) is 11.9. The Hall–Kier alpha value is -2.17. The Kier molecular flexibility index (Phi) is 4.17. The molecule has 1 heterocycles. The number of halogens is 1. The van der Waals surface area contributed by atoms with E-state index in [1.54, 1.807) is 16.8 Å². The SMILES string of the molecule is Cc1ccc(F)c(NC(=O)CCn2nc(C)cc2C)c1. The number of nitrogens with zero attached hydrogens (tertiary/aromatic N) is 2. The zero-order chi connectivity index (χ0) is 14.7. The summed E-state index contributed by atoms with van der Waals surface area (Å²) in [7, 11) is 0. The van der Waals surface area contributed by atoms with Crippen molar-refractivity contribution in [2.75, 3.05) is 5.32 Å². The van der Waals surface area contributed by atoms with E-state index in [0.717, 1.165) is 17.0 Å². The van der Waals surface area contributed by atoms with Gasteiger partial charge in [0.15, 0.2) is 0 Å². The van der Waals surface area contributed by atoms with Crippen molar-refractivity contribution in [3.05, 3.63) is 47.0 Å². The summed E-state index contributed by atoms with van der Waals surface area (Å²) < 4.78 is 15.3. The fourth-order valence-corrected chi connectivity index (χ4v) is 2.06. The first-order valence-electron chi connectivity index (χ1n) is 6.53. The fraction of sp³-hybridized carbons (Fsp3) is 0.333. The smallest absolute Gasteiger partial charge is 0.226 e. The lowest BCUT2D eigenvalue weighted by Gasteiger charge is -2.08. The molecule has 0 spiro atoms. The first-order chi connectivity index (χ1) is 9.45. The topological polar surface area (TPSA) is 46.9 Å². The normalized spacial score (nSPS) is 10.6. The third-order valence-electron chi connectivity index (χ3n) is 3.05. The first-order valence-corrected chi connectivity index (χ1v) is 6.53. The third kappa shape index (κ3) is 3.44. The lowest BCUT2D eigenvalue weighted by molar-refractivity contribution is -0.116. The number of benzene rings is 1. The van der Waals surface area contributed by atoms with Gasteiger partial charge in [0.25, 0.3) is 0 Å². The second-order valence-corrected chi connectivity index (χ2v) is 4.93. The van der Waals surface area contributed by atoms with Gasteiger partial charge in [-0.05, 0) is 44.5 Å². The van der Waals surface area contributed by atoms with Crippen molar-refractivity contribution in [3.8, 4) is 0 Å². The van der Waals surface area contributed by atoms with E-state index in [9.17, 15) is 9.18 Å². The second kappa shape index (κ2) is 5.86. The largest absolute Gasteiger partial charge is 0.324 e. The number of rotatable bonds is 4. The molecular weight excluding hydrogens is 257 g/mol. The molecule has 0 aliphatic heterocycles. The second-order valence-electron chi connectivity index (χ2n) is 4.93. The molecule has 2 aromatic rings. The van der Waals surface area contributed by atoms with E-state index in [2.05, 4.69) is 10.4 Å². The quantitative estimate of drug-likeness (QED) is 0.932. The average molecular weight is 275 g/mol. The Morgan fingerprint density at radius 1 is 1.30 bits per heavy atom. The molecule has 0 fully saturated rings.